The smallest absolute Gasteiger partial charge is 0.129 e. The van der Waals surface area contributed by atoms with E-state index in [4.69, 9.17) is 0 Å². The van der Waals surface area contributed by atoms with Crippen LogP contribution in [0.25, 0.3) is 0 Å². The monoisotopic (exact) mass is 376 g/mol. The summed E-state index contributed by atoms with van der Waals surface area (Å²) in [4.78, 5) is 0. The van der Waals surface area contributed by atoms with Crippen LogP contribution in [-0.2, 0) is 6.42 Å². The van der Waals surface area contributed by atoms with Gasteiger partial charge in [0.05, 0.1) is 0 Å². The van der Waals surface area contributed by atoms with Crippen LogP contribution < -0.4 is 0 Å². The Morgan fingerprint density at radius 2 is 1.33 bits per heavy atom. The standard InChI is InChI=1S/C25H38F2/c26-23-18-17-22(25(27)19-23)15-5-1-2-10-16-24(20-11-6-3-7-12-20)21-13-8-4-9-14-21/h17-21,24H,1-16H2. The molecule has 2 fully saturated rings. The third-order valence-electron chi connectivity index (χ3n) is 7.26. The number of rotatable bonds is 9. The molecule has 0 amide bonds. The molecule has 0 radical (unpaired) electrons. The molecule has 0 spiro atoms. The molecule has 2 aliphatic rings. The van der Waals surface area contributed by atoms with Crippen LogP contribution in [0.1, 0.15) is 102 Å². The molecule has 2 heteroatoms. The zero-order valence-electron chi connectivity index (χ0n) is 17.0. The van der Waals surface area contributed by atoms with Gasteiger partial charge in [-0.2, -0.15) is 0 Å². The van der Waals surface area contributed by atoms with Crippen LogP contribution in [0.2, 0.25) is 0 Å². The van der Waals surface area contributed by atoms with Crippen molar-refractivity contribution in [1.82, 2.24) is 0 Å². The Kier molecular flexibility index (Phi) is 8.61. The van der Waals surface area contributed by atoms with Crippen LogP contribution in [0.15, 0.2) is 18.2 Å². The van der Waals surface area contributed by atoms with Crippen molar-refractivity contribution >= 4 is 0 Å². The third-order valence-corrected chi connectivity index (χ3v) is 7.26. The lowest BCUT2D eigenvalue weighted by Crippen LogP contribution is -2.27. The molecule has 2 saturated carbocycles. The maximum absolute atomic E-state index is 13.7. The second kappa shape index (κ2) is 11.2. The summed E-state index contributed by atoms with van der Waals surface area (Å²) in [6.45, 7) is 0. The Morgan fingerprint density at radius 1 is 0.741 bits per heavy atom. The first-order valence-electron chi connectivity index (χ1n) is 11.7. The third kappa shape index (κ3) is 6.57. The molecule has 0 nitrogen and oxygen atoms in total. The van der Waals surface area contributed by atoms with Crippen LogP contribution in [0, 0.1) is 29.4 Å². The molecule has 1 aromatic carbocycles. The average Bonchev–Trinajstić information content (AvgIpc) is 2.70. The second-order valence-corrected chi connectivity index (χ2v) is 9.15. The molecule has 0 atom stereocenters. The number of aryl methyl sites for hydroxylation is 1. The zero-order valence-corrected chi connectivity index (χ0v) is 17.0. The van der Waals surface area contributed by atoms with Crippen molar-refractivity contribution in [2.45, 2.75) is 103 Å². The van der Waals surface area contributed by atoms with Gasteiger partial charge in [-0.1, -0.05) is 89.5 Å². The molecule has 0 aliphatic heterocycles. The van der Waals surface area contributed by atoms with E-state index < -0.39 is 5.82 Å². The van der Waals surface area contributed by atoms with E-state index in [1.807, 2.05) is 0 Å². The minimum atomic E-state index is -0.479. The van der Waals surface area contributed by atoms with Crippen molar-refractivity contribution in [2.75, 3.05) is 0 Å². The van der Waals surface area contributed by atoms with Crippen LogP contribution in [0.3, 0.4) is 0 Å². The molecule has 0 aromatic heterocycles. The lowest BCUT2D eigenvalue weighted by molar-refractivity contribution is 0.131. The highest BCUT2D eigenvalue weighted by Crippen LogP contribution is 2.42. The van der Waals surface area contributed by atoms with Gasteiger partial charge in [0.1, 0.15) is 11.6 Å². The molecule has 27 heavy (non-hydrogen) atoms. The van der Waals surface area contributed by atoms with E-state index in [9.17, 15) is 8.78 Å². The van der Waals surface area contributed by atoms with Gasteiger partial charge in [-0.25, -0.2) is 8.78 Å². The van der Waals surface area contributed by atoms with E-state index in [-0.39, 0.29) is 5.82 Å². The maximum atomic E-state index is 13.7. The Balaban J connectivity index is 1.39. The molecule has 0 unspecified atom stereocenters. The molecule has 2 aliphatic carbocycles. The summed E-state index contributed by atoms with van der Waals surface area (Å²) in [6.07, 6.45) is 21.6. The summed E-state index contributed by atoms with van der Waals surface area (Å²) in [7, 11) is 0. The number of benzene rings is 1. The fourth-order valence-corrected chi connectivity index (χ4v) is 5.75. The van der Waals surface area contributed by atoms with Crippen LogP contribution in [-0.4, -0.2) is 0 Å². The fraction of sp³-hybridized carbons (Fsp3) is 0.760. The molecule has 0 heterocycles. The number of halogens is 2. The molecule has 0 N–H and O–H groups in total. The van der Waals surface area contributed by atoms with Crippen LogP contribution >= 0.6 is 0 Å². The molecular formula is C25H38F2. The number of hydrogen-bond acceptors (Lipinski definition) is 0. The predicted molar refractivity (Wildman–Crippen MR) is 110 cm³/mol. The average molecular weight is 377 g/mol. The van der Waals surface area contributed by atoms with Crippen molar-refractivity contribution in [2.24, 2.45) is 17.8 Å². The summed E-state index contributed by atoms with van der Waals surface area (Å²) in [5.41, 5.74) is 0.665. The van der Waals surface area contributed by atoms with Gasteiger partial charge in [-0.05, 0) is 48.6 Å². The molecule has 0 saturated heterocycles. The largest absolute Gasteiger partial charge is 0.207 e. The summed E-state index contributed by atoms with van der Waals surface area (Å²) < 4.78 is 26.7. The zero-order chi connectivity index (χ0) is 18.9. The van der Waals surface area contributed by atoms with E-state index in [1.165, 1.54) is 96.0 Å². The van der Waals surface area contributed by atoms with E-state index in [1.54, 1.807) is 6.07 Å². The minimum absolute atomic E-state index is 0.385. The van der Waals surface area contributed by atoms with Gasteiger partial charge in [0, 0.05) is 6.07 Å². The van der Waals surface area contributed by atoms with Crippen molar-refractivity contribution in [1.29, 1.82) is 0 Å². The van der Waals surface area contributed by atoms with E-state index in [0.717, 1.165) is 36.7 Å². The predicted octanol–water partition coefficient (Wildman–Crippen LogP) is 8.23. The Bertz CT molecular complexity index is 523. The first-order chi connectivity index (χ1) is 13.2. The van der Waals surface area contributed by atoms with Crippen molar-refractivity contribution in [3.63, 3.8) is 0 Å². The van der Waals surface area contributed by atoms with Gasteiger partial charge in [0.2, 0.25) is 0 Å². The lowest BCUT2D eigenvalue weighted by atomic mass is 9.68. The summed E-state index contributed by atoms with van der Waals surface area (Å²) >= 11 is 0. The van der Waals surface area contributed by atoms with Gasteiger partial charge in [0.25, 0.3) is 0 Å². The maximum Gasteiger partial charge on any atom is 0.129 e. The van der Waals surface area contributed by atoms with E-state index >= 15 is 0 Å². The molecule has 152 valence electrons. The second-order valence-electron chi connectivity index (χ2n) is 9.15. The van der Waals surface area contributed by atoms with Gasteiger partial charge >= 0.3 is 0 Å². The molecule has 0 bridgehead atoms. The van der Waals surface area contributed by atoms with Crippen molar-refractivity contribution in [3.8, 4) is 0 Å². The van der Waals surface area contributed by atoms with Gasteiger partial charge in [-0.3, -0.25) is 0 Å². The first-order valence-corrected chi connectivity index (χ1v) is 11.7. The van der Waals surface area contributed by atoms with E-state index in [2.05, 4.69) is 0 Å². The molecule has 3 rings (SSSR count). The minimum Gasteiger partial charge on any atom is -0.207 e. The number of unbranched alkanes of at least 4 members (excludes halogenated alkanes) is 3. The van der Waals surface area contributed by atoms with Crippen molar-refractivity contribution < 1.29 is 8.78 Å². The summed E-state index contributed by atoms with van der Waals surface area (Å²) in [5, 5.41) is 0. The first kappa shape index (κ1) is 20.8. The Morgan fingerprint density at radius 3 is 1.93 bits per heavy atom. The highest BCUT2D eigenvalue weighted by atomic mass is 19.1. The van der Waals surface area contributed by atoms with Gasteiger partial charge in [-0.15, -0.1) is 0 Å². The highest BCUT2D eigenvalue weighted by molar-refractivity contribution is 5.18. The SMILES string of the molecule is Fc1ccc(CCCCCCC(C2CCCCC2)C2CCCCC2)c(F)c1. The topological polar surface area (TPSA) is 0 Å². The Hall–Kier alpha value is -0.920. The quantitative estimate of drug-likeness (QED) is 0.381. The molecular weight excluding hydrogens is 338 g/mol. The summed E-state index contributed by atoms with van der Waals surface area (Å²) in [6, 6.07) is 3.98. The normalized spacial score (nSPS) is 19.7. The van der Waals surface area contributed by atoms with Crippen LogP contribution in [0.4, 0.5) is 8.78 Å². The van der Waals surface area contributed by atoms with Gasteiger partial charge in [0.15, 0.2) is 0 Å². The fourth-order valence-electron chi connectivity index (χ4n) is 5.75. The van der Waals surface area contributed by atoms with Crippen LogP contribution in [0.5, 0.6) is 0 Å². The van der Waals surface area contributed by atoms with E-state index in [0.29, 0.717) is 5.56 Å². The summed E-state index contributed by atoms with van der Waals surface area (Å²) in [5.74, 6) is 2.10. The Labute approximate surface area is 165 Å². The van der Waals surface area contributed by atoms with Crippen molar-refractivity contribution in [3.05, 3.63) is 35.4 Å². The lowest BCUT2D eigenvalue weighted by Gasteiger charge is -2.38. The number of hydrogen-bond donors (Lipinski definition) is 0. The molecule has 1 aromatic rings. The van der Waals surface area contributed by atoms with Gasteiger partial charge < -0.3 is 0 Å². The highest BCUT2D eigenvalue weighted by Gasteiger charge is 2.30.